The maximum atomic E-state index is 5.44. The van der Waals surface area contributed by atoms with Gasteiger partial charge < -0.3 is 15.4 Å². The van der Waals surface area contributed by atoms with Gasteiger partial charge in [-0.1, -0.05) is 43.0 Å². The first-order valence-corrected chi connectivity index (χ1v) is 5.08. The highest BCUT2D eigenvalue weighted by atomic mass is 16.5. The summed E-state index contributed by atoms with van der Waals surface area (Å²) in [4.78, 5) is 2.02. The third-order valence-electron chi connectivity index (χ3n) is 2.08. The molecule has 0 unspecified atom stereocenters. The van der Waals surface area contributed by atoms with E-state index in [1.807, 2.05) is 41.3 Å². The number of nitrogens with two attached hydrogens (primary N) is 1. The fraction of sp³-hybridized carbons (Fsp3) is 0.333. The average molecular weight is 206 g/mol. The van der Waals surface area contributed by atoms with Crippen LogP contribution in [-0.4, -0.2) is 31.2 Å². The molecule has 0 amide bonds. The molecule has 1 aliphatic heterocycles. The average Bonchev–Trinajstić information content (AvgIpc) is 2.33. The van der Waals surface area contributed by atoms with Crippen molar-refractivity contribution >= 4 is 0 Å². The van der Waals surface area contributed by atoms with Crippen LogP contribution in [-0.2, 0) is 4.74 Å². The molecule has 0 saturated carbocycles. The maximum absolute atomic E-state index is 5.44. The Morgan fingerprint density at radius 2 is 1.40 bits per heavy atom. The van der Waals surface area contributed by atoms with Crippen LogP contribution in [0.1, 0.15) is 0 Å². The molecule has 15 heavy (non-hydrogen) atoms. The maximum Gasteiger partial charge on any atom is 0.0913 e. The quantitative estimate of drug-likeness (QED) is 0.755. The molecule has 3 nitrogen and oxygen atoms in total. The number of hydrogen-bond acceptors (Lipinski definition) is 3. The highest BCUT2D eigenvalue weighted by Gasteiger charge is 2.08. The number of benzene rings is 1. The molecule has 3 heteroatoms. The minimum atomic E-state index is 0.651. The van der Waals surface area contributed by atoms with Crippen LogP contribution in [0.2, 0.25) is 0 Å². The third-order valence-corrected chi connectivity index (χ3v) is 2.08. The van der Waals surface area contributed by atoms with E-state index in [4.69, 9.17) is 10.5 Å². The molecule has 1 saturated heterocycles. The Kier molecular flexibility index (Phi) is 5.33. The van der Waals surface area contributed by atoms with Gasteiger partial charge in [0.05, 0.1) is 19.0 Å². The fourth-order valence-corrected chi connectivity index (χ4v) is 1.24. The SMILES string of the molecule is C=C(N)N1CCOCC1.c1ccccc1. The standard InChI is InChI=1S/C6H12N2O.C6H6/c1-6(7)8-2-4-9-5-3-8;1-2-4-6-5-3-1/h1-5,7H2;1-6H. The molecule has 1 aromatic carbocycles. The summed E-state index contributed by atoms with van der Waals surface area (Å²) in [6.45, 7) is 6.94. The summed E-state index contributed by atoms with van der Waals surface area (Å²) in [5, 5.41) is 0. The lowest BCUT2D eigenvalue weighted by Crippen LogP contribution is -2.37. The molecule has 1 fully saturated rings. The van der Waals surface area contributed by atoms with Gasteiger partial charge in [-0.15, -0.1) is 0 Å². The van der Waals surface area contributed by atoms with Crippen molar-refractivity contribution in [3.05, 3.63) is 48.8 Å². The molecule has 0 radical (unpaired) electrons. The van der Waals surface area contributed by atoms with E-state index in [1.165, 1.54) is 0 Å². The summed E-state index contributed by atoms with van der Waals surface area (Å²) >= 11 is 0. The van der Waals surface area contributed by atoms with Gasteiger partial charge in [-0.05, 0) is 0 Å². The molecular formula is C12H18N2O. The Morgan fingerprint density at radius 3 is 1.67 bits per heavy atom. The lowest BCUT2D eigenvalue weighted by molar-refractivity contribution is 0.0532. The predicted octanol–water partition coefficient (Wildman–Crippen LogP) is 1.44. The lowest BCUT2D eigenvalue weighted by atomic mass is 10.4. The number of rotatable bonds is 1. The summed E-state index contributed by atoms with van der Waals surface area (Å²) in [5.74, 6) is 0.651. The van der Waals surface area contributed by atoms with E-state index in [2.05, 4.69) is 6.58 Å². The monoisotopic (exact) mass is 206 g/mol. The summed E-state index contributed by atoms with van der Waals surface area (Å²) in [7, 11) is 0. The van der Waals surface area contributed by atoms with Crippen molar-refractivity contribution < 1.29 is 4.74 Å². The highest BCUT2D eigenvalue weighted by molar-refractivity contribution is 4.99. The van der Waals surface area contributed by atoms with Crippen molar-refractivity contribution in [1.82, 2.24) is 4.90 Å². The van der Waals surface area contributed by atoms with E-state index < -0.39 is 0 Å². The van der Waals surface area contributed by atoms with Crippen LogP contribution in [0.5, 0.6) is 0 Å². The fourth-order valence-electron chi connectivity index (χ4n) is 1.24. The van der Waals surface area contributed by atoms with Crippen LogP contribution < -0.4 is 5.73 Å². The zero-order chi connectivity index (χ0) is 10.9. The minimum absolute atomic E-state index is 0.651. The van der Waals surface area contributed by atoms with Crippen LogP contribution >= 0.6 is 0 Å². The molecular weight excluding hydrogens is 188 g/mol. The second-order valence-electron chi connectivity index (χ2n) is 3.25. The Labute approximate surface area is 91.1 Å². The van der Waals surface area contributed by atoms with E-state index in [9.17, 15) is 0 Å². The smallest absolute Gasteiger partial charge is 0.0913 e. The van der Waals surface area contributed by atoms with Crippen molar-refractivity contribution in [2.45, 2.75) is 0 Å². The lowest BCUT2D eigenvalue weighted by Gasteiger charge is -2.27. The predicted molar refractivity (Wildman–Crippen MR) is 62.2 cm³/mol. The summed E-state index contributed by atoms with van der Waals surface area (Å²) in [6.07, 6.45) is 0. The van der Waals surface area contributed by atoms with Gasteiger partial charge in [-0.3, -0.25) is 0 Å². The van der Waals surface area contributed by atoms with E-state index >= 15 is 0 Å². The van der Waals surface area contributed by atoms with Crippen molar-refractivity contribution in [3.63, 3.8) is 0 Å². The van der Waals surface area contributed by atoms with Crippen molar-refractivity contribution in [2.75, 3.05) is 26.3 Å². The van der Waals surface area contributed by atoms with Gasteiger partial charge in [0.25, 0.3) is 0 Å². The van der Waals surface area contributed by atoms with Crippen molar-refractivity contribution in [2.24, 2.45) is 5.73 Å². The topological polar surface area (TPSA) is 38.5 Å². The Balaban J connectivity index is 0.000000162. The van der Waals surface area contributed by atoms with Crippen LogP contribution in [0.15, 0.2) is 48.8 Å². The Morgan fingerprint density at radius 1 is 1.00 bits per heavy atom. The minimum Gasteiger partial charge on any atom is -0.386 e. The first-order chi connectivity index (χ1) is 7.30. The van der Waals surface area contributed by atoms with Gasteiger partial charge in [-0.2, -0.15) is 0 Å². The number of ether oxygens (including phenoxy) is 1. The van der Waals surface area contributed by atoms with Crippen LogP contribution in [0.3, 0.4) is 0 Å². The Bertz CT molecular complexity index is 242. The van der Waals surface area contributed by atoms with E-state index in [-0.39, 0.29) is 0 Å². The molecule has 0 atom stereocenters. The van der Waals surface area contributed by atoms with Gasteiger partial charge in [0.15, 0.2) is 0 Å². The molecule has 1 aliphatic rings. The highest BCUT2D eigenvalue weighted by Crippen LogP contribution is 1.98. The van der Waals surface area contributed by atoms with Crippen LogP contribution in [0.25, 0.3) is 0 Å². The third kappa shape index (κ3) is 5.08. The van der Waals surface area contributed by atoms with Crippen molar-refractivity contribution in [3.8, 4) is 0 Å². The second kappa shape index (κ2) is 6.90. The molecule has 82 valence electrons. The van der Waals surface area contributed by atoms with Crippen molar-refractivity contribution in [1.29, 1.82) is 0 Å². The van der Waals surface area contributed by atoms with Gasteiger partial charge in [0.2, 0.25) is 0 Å². The van der Waals surface area contributed by atoms with Crippen LogP contribution in [0, 0.1) is 0 Å². The molecule has 0 aliphatic carbocycles. The zero-order valence-electron chi connectivity index (χ0n) is 8.93. The number of hydrogen-bond donors (Lipinski definition) is 1. The molecule has 2 rings (SSSR count). The molecule has 1 aromatic rings. The number of morpholine rings is 1. The van der Waals surface area contributed by atoms with Gasteiger partial charge in [0.1, 0.15) is 0 Å². The van der Waals surface area contributed by atoms with Gasteiger partial charge in [0, 0.05) is 13.1 Å². The summed E-state index contributed by atoms with van der Waals surface area (Å²) in [5.41, 5.74) is 5.44. The van der Waals surface area contributed by atoms with E-state index in [1.54, 1.807) is 0 Å². The summed E-state index contributed by atoms with van der Waals surface area (Å²) in [6, 6.07) is 12.0. The van der Waals surface area contributed by atoms with E-state index in [0.29, 0.717) is 5.82 Å². The van der Waals surface area contributed by atoms with Gasteiger partial charge >= 0.3 is 0 Å². The molecule has 0 bridgehead atoms. The Hall–Kier alpha value is -1.48. The molecule has 2 N–H and O–H groups in total. The molecule has 0 aromatic heterocycles. The van der Waals surface area contributed by atoms with E-state index in [0.717, 1.165) is 26.3 Å². The zero-order valence-corrected chi connectivity index (χ0v) is 8.93. The normalized spacial score (nSPS) is 15.1. The largest absolute Gasteiger partial charge is 0.386 e. The number of nitrogens with zero attached hydrogens (tertiary/aromatic N) is 1. The first-order valence-electron chi connectivity index (χ1n) is 5.08. The summed E-state index contributed by atoms with van der Waals surface area (Å²) < 4.78 is 5.11. The second-order valence-corrected chi connectivity index (χ2v) is 3.25. The molecule has 1 heterocycles. The first kappa shape index (κ1) is 11.6. The van der Waals surface area contributed by atoms with Crippen LogP contribution in [0.4, 0.5) is 0 Å². The molecule has 0 spiro atoms. The van der Waals surface area contributed by atoms with Gasteiger partial charge in [-0.25, -0.2) is 0 Å².